The van der Waals surface area contributed by atoms with Crippen LogP contribution in [0.5, 0.6) is 0 Å². The Morgan fingerprint density at radius 1 is 0.613 bits per heavy atom. The van der Waals surface area contributed by atoms with Crippen LogP contribution in [0.2, 0.25) is 0 Å². The summed E-state index contributed by atoms with van der Waals surface area (Å²) in [7, 11) is 1.72. The predicted molar refractivity (Wildman–Crippen MR) is 315 cm³/mol. The molecule has 0 spiro atoms. The number of nitrogens with zero attached hydrogens (tertiary/aromatic N) is 10. The van der Waals surface area contributed by atoms with Crippen LogP contribution in [-0.2, 0) is 68.6 Å². The van der Waals surface area contributed by atoms with Gasteiger partial charge in [0.1, 0.15) is 33.9 Å². The number of anilines is 2. The maximum atomic E-state index is 13.6. The van der Waals surface area contributed by atoms with Crippen LogP contribution >= 0.6 is 15.9 Å². The van der Waals surface area contributed by atoms with Gasteiger partial charge in [0.15, 0.2) is 11.6 Å². The summed E-state index contributed by atoms with van der Waals surface area (Å²) in [5, 5.41) is 13.3. The highest BCUT2D eigenvalue weighted by Gasteiger charge is 2.46. The van der Waals surface area contributed by atoms with Crippen molar-refractivity contribution in [2.45, 2.75) is 161 Å². The lowest BCUT2D eigenvalue weighted by atomic mass is 9.80. The molecule has 4 atom stereocenters. The molecule has 2 saturated heterocycles. The summed E-state index contributed by atoms with van der Waals surface area (Å²) in [6.45, 7) is 11.0. The zero-order valence-corrected chi connectivity index (χ0v) is 53.2. The van der Waals surface area contributed by atoms with Gasteiger partial charge in [-0.1, -0.05) is 0 Å². The van der Waals surface area contributed by atoms with Gasteiger partial charge >= 0.3 is 48.8 Å². The minimum atomic E-state index is -5.06. The molecule has 3 aromatic heterocycles. The normalized spacial score (nSPS) is 22.1. The molecule has 2 unspecified atom stereocenters. The molecule has 9 rings (SSSR count). The molecule has 2 aliphatic carbocycles. The number of carboxylic acids is 1. The van der Waals surface area contributed by atoms with E-state index in [1.807, 2.05) is 23.6 Å². The van der Waals surface area contributed by atoms with Crippen molar-refractivity contribution < 1.29 is 91.2 Å². The number of rotatable bonds is 20. The molecule has 93 heavy (non-hydrogen) atoms. The minimum absolute atomic E-state index is 0.0342. The number of cyclic esters (lactones) is 2. The molecule has 5 heterocycles. The van der Waals surface area contributed by atoms with Crippen molar-refractivity contribution in [1.29, 1.82) is 0 Å². The Bertz CT molecular complexity index is 3380. The van der Waals surface area contributed by atoms with E-state index in [9.17, 15) is 77.0 Å². The molecule has 0 bridgehead atoms. The molecule has 18 nitrogen and oxygen atoms in total. The van der Waals surface area contributed by atoms with Gasteiger partial charge < -0.3 is 29.1 Å². The fourth-order valence-electron chi connectivity index (χ4n) is 12.5. The number of hydrogen-bond acceptors (Lipinski definition) is 14. The van der Waals surface area contributed by atoms with Crippen molar-refractivity contribution in [1.82, 2.24) is 39.5 Å². The van der Waals surface area contributed by atoms with Gasteiger partial charge in [-0.3, -0.25) is 24.1 Å². The zero-order valence-electron chi connectivity index (χ0n) is 51.6. The number of amides is 2. The van der Waals surface area contributed by atoms with Crippen LogP contribution < -0.4 is 9.80 Å². The zero-order chi connectivity index (χ0) is 68.1. The monoisotopic (exact) mass is 1390 g/mol. The van der Waals surface area contributed by atoms with Gasteiger partial charge in [0.05, 0.1) is 72.1 Å². The average Bonchev–Trinajstić information content (AvgIpc) is 1.72. The molecule has 2 aliphatic heterocycles. The van der Waals surface area contributed by atoms with Gasteiger partial charge in [0.25, 0.3) is 0 Å². The third-order valence-corrected chi connectivity index (χ3v) is 17.9. The number of aliphatic carboxylic acids is 1. The summed E-state index contributed by atoms with van der Waals surface area (Å²) in [5.41, 5.74) is -4.96. The van der Waals surface area contributed by atoms with Crippen molar-refractivity contribution in [3.05, 3.63) is 110 Å². The summed E-state index contributed by atoms with van der Waals surface area (Å²) in [6, 6.07) is 2.24. The Balaban J connectivity index is 0.000000240. The molecule has 2 amide bonds. The van der Waals surface area contributed by atoms with E-state index in [4.69, 9.17) is 24.2 Å². The highest BCUT2D eigenvalue weighted by atomic mass is 79.9. The predicted octanol–water partition coefficient (Wildman–Crippen LogP) is 15.0. The molecule has 508 valence electrons. The van der Waals surface area contributed by atoms with Gasteiger partial charge in [-0.15, -0.1) is 0 Å². The highest BCUT2D eigenvalue weighted by molar-refractivity contribution is 9.10. The summed E-state index contributed by atoms with van der Waals surface area (Å²) in [5.74, 6) is 0.967. The van der Waals surface area contributed by atoms with Crippen molar-refractivity contribution >= 4 is 51.7 Å². The van der Waals surface area contributed by atoms with Crippen molar-refractivity contribution in [2.75, 3.05) is 42.6 Å². The van der Waals surface area contributed by atoms with Crippen LogP contribution in [0.1, 0.15) is 156 Å². The Kier molecular flexibility index (Phi) is 22.6. The number of carbonyl (C=O) groups excluding carboxylic acids is 3. The Morgan fingerprint density at radius 3 is 1.39 bits per heavy atom. The fourth-order valence-corrected chi connectivity index (χ4v) is 12.8. The number of carbonyl (C=O) groups is 4. The van der Waals surface area contributed by atoms with E-state index < -0.39 is 101 Å². The molecule has 2 saturated carbocycles. The topological polar surface area (TPSA) is 199 Å². The number of halogens is 13. The number of carboxylic acid groups (broad SMARTS) is 1. The second-order valence-electron chi connectivity index (χ2n) is 23.8. The quantitative estimate of drug-likeness (QED) is 0.0438. The molecular formula is C62H71BrF12N10O8. The van der Waals surface area contributed by atoms with Crippen LogP contribution in [0.15, 0.2) is 65.7 Å². The first kappa shape index (κ1) is 71.4. The van der Waals surface area contributed by atoms with E-state index in [2.05, 4.69) is 31.0 Å². The number of esters is 1. The summed E-state index contributed by atoms with van der Waals surface area (Å²) >= 11 is 3.31. The van der Waals surface area contributed by atoms with E-state index in [1.54, 1.807) is 37.1 Å². The average molecular weight is 1390 g/mol. The van der Waals surface area contributed by atoms with E-state index in [0.29, 0.717) is 108 Å². The number of aromatic nitrogens is 6. The molecule has 31 heteroatoms. The molecule has 4 aliphatic rings. The molecule has 0 radical (unpaired) electrons. The molecular weight excluding hydrogens is 1320 g/mol. The van der Waals surface area contributed by atoms with Gasteiger partial charge in [-0.2, -0.15) is 57.8 Å². The van der Waals surface area contributed by atoms with Gasteiger partial charge in [0, 0.05) is 52.3 Å². The third-order valence-electron chi connectivity index (χ3n) is 17.5. The second kappa shape index (κ2) is 29.4. The first-order chi connectivity index (χ1) is 43.6. The third kappa shape index (κ3) is 17.9. The molecule has 2 aromatic carbocycles. The van der Waals surface area contributed by atoms with E-state index >= 15 is 0 Å². The summed E-state index contributed by atoms with van der Waals surface area (Å²) in [4.78, 5) is 74.4. The van der Waals surface area contributed by atoms with Crippen LogP contribution in [0, 0.1) is 23.7 Å². The number of aryl methyl sites for hydroxylation is 1. The number of benzene rings is 2. The SMILES string of the molecule is CCN(CC1CCC(CC(=O)O)CC1)c1ncc(-c2ccnn2C)nc1CN1C(=O)OC(c2cc(C(F)(F)F)cc(C(F)(F)F)c2)[C@@H]1C.CCOC(=O)CC1CCC(CN(CC)c2ncc(Br)nc2CN2C(=O)OC(c3cc(C(F)(F)F)cc(C(F)(F)F)c3)[C@@H]2C)CC1. The largest absolute Gasteiger partial charge is 0.481 e. The second-order valence-corrected chi connectivity index (χ2v) is 24.6. The Labute approximate surface area is 536 Å². The van der Waals surface area contributed by atoms with E-state index in [1.165, 1.54) is 29.8 Å². The van der Waals surface area contributed by atoms with Crippen molar-refractivity contribution in [3.63, 3.8) is 0 Å². The molecule has 1 N–H and O–H groups in total. The first-order valence-electron chi connectivity index (χ1n) is 30.4. The lowest BCUT2D eigenvalue weighted by Gasteiger charge is -2.33. The van der Waals surface area contributed by atoms with Crippen molar-refractivity contribution in [3.8, 4) is 11.4 Å². The first-order valence-corrected chi connectivity index (χ1v) is 31.2. The van der Waals surface area contributed by atoms with E-state index in [-0.39, 0.29) is 55.4 Å². The van der Waals surface area contributed by atoms with E-state index in [0.717, 1.165) is 51.4 Å². The number of alkyl halides is 12. The van der Waals surface area contributed by atoms with Crippen LogP contribution in [-0.4, -0.2) is 114 Å². The lowest BCUT2D eigenvalue weighted by Crippen LogP contribution is -2.36. The number of hydrogen-bond donors (Lipinski definition) is 1. The lowest BCUT2D eigenvalue weighted by molar-refractivity contribution is -0.145. The molecule has 4 fully saturated rings. The Hall–Kier alpha value is -7.47. The minimum Gasteiger partial charge on any atom is -0.481 e. The van der Waals surface area contributed by atoms with Crippen molar-refractivity contribution in [2.24, 2.45) is 30.7 Å². The highest BCUT2D eigenvalue weighted by Crippen LogP contribution is 2.45. The maximum absolute atomic E-state index is 13.6. The van der Waals surface area contributed by atoms with Gasteiger partial charge in [-0.25, -0.2) is 29.5 Å². The van der Waals surface area contributed by atoms with Gasteiger partial charge in [0.2, 0.25) is 0 Å². The standard InChI is InChI=1S/C32H36F6N6O4.C30H35BrF6N4O4/c1-4-43(16-20-7-5-19(6-8-20)11-27(45)46)29-25(41-24(15-39-29)26-9-10-40-42(26)3)17-44-18(2)28(48-30(44)47)21-12-22(31(33,34)35)14-23(13-21)32(36,37)38;1-4-40(15-19-8-6-18(7-9-19)10-25(42)44-5-2)27-23(39-24(31)14-38-27)16-41-17(3)26(45-28(41)43)20-11-21(29(32,33)34)13-22(12-20)30(35,36)37/h9-10,12-15,18-20,28H,4-8,11,16-17H2,1-3H3,(H,45,46);11-14,17-19,26H,4-10,15-16H2,1-3H3/t18-,19?,20?,28?;17-,18?,19?,26?/m00/s1. The maximum Gasteiger partial charge on any atom is 0.416 e. The molecule has 5 aromatic rings. The number of ether oxygens (including phenoxy) is 3. The van der Waals surface area contributed by atoms with Crippen LogP contribution in [0.4, 0.5) is 73.9 Å². The Morgan fingerprint density at radius 2 is 1.01 bits per heavy atom. The summed E-state index contributed by atoms with van der Waals surface area (Å²) < 4.78 is 180. The van der Waals surface area contributed by atoms with Gasteiger partial charge in [-0.05, 0) is 179 Å². The summed E-state index contributed by atoms with van der Waals surface area (Å²) in [6.07, 6.45) is -12.7. The van der Waals surface area contributed by atoms with Crippen LogP contribution in [0.25, 0.3) is 11.4 Å². The van der Waals surface area contributed by atoms with Crippen LogP contribution in [0.3, 0.4) is 0 Å². The fraction of sp³-hybridized carbons (Fsp3) is 0.565. The smallest absolute Gasteiger partial charge is 0.416 e.